The quantitative estimate of drug-likeness (QED) is 0.831. The first-order chi connectivity index (χ1) is 9.56. The lowest BCUT2D eigenvalue weighted by Crippen LogP contribution is -2.10. The van der Waals surface area contributed by atoms with Crippen LogP contribution in [0.4, 0.5) is 5.69 Å². The largest absolute Gasteiger partial charge is 0.385 e. The Morgan fingerprint density at radius 1 is 0.950 bits per heavy atom. The van der Waals surface area contributed by atoms with E-state index in [-0.39, 0.29) is 5.75 Å². The van der Waals surface area contributed by atoms with E-state index in [0.29, 0.717) is 13.0 Å². The van der Waals surface area contributed by atoms with E-state index in [1.807, 2.05) is 36.4 Å². The van der Waals surface area contributed by atoms with Gasteiger partial charge in [0, 0.05) is 24.1 Å². The van der Waals surface area contributed by atoms with Crippen molar-refractivity contribution >= 4 is 15.5 Å². The molecule has 0 aliphatic rings. The molecule has 0 unspecified atom stereocenters. The third kappa shape index (κ3) is 4.38. The van der Waals surface area contributed by atoms with Gasteiger partial charge in [-0.15, -0.1) is 0 Å². The minimum atomic E-state index is -2.88. The van der Waals surface area contributed by atoms with Crippen LogP contribution >= 0.6 is 0 Å². The third-order valence-corrected chi connectivity index (χ3v) is 4.05. The maximum atomic E-state index is 11.1. The average Bonchev–Trinajstić information content (AvgIpc) is 2.44. The highest BCUT2D eigenvalue weighted by Crippen LogP contribution is 2.27. The van der Waals surface area contributed by atoms with Crippen molar-refractivity contribution in [2.24, 2.45) is 0 Å². The Morgan fingerprint density at radius 2 is 1.60 bits per heavy atom. The van der Waals surface area contributed by atoms with Crippen molar-refractivity contribution in [1.29, 1.82) is 0 Å². The summed E-state index contributed by atoms with van der Waals surface area (Å²) < 4.78 is 22.2. The zero-order chi connectivity index (χ0) is 14.4. The smallest absolute Gasteiger partial charge is 0.147 e. The van der Waals surface area contributed by atoms with Gasteiger partial charge < -0.3 is 5.32 Å². The van der Waals surface area contributed by atoms with Crippen molar-refractivity contribution in [1.82, 2.24) is 0 Å². The van der Waals surface area contributed by atoms with Crippen molar-refractivity contribution in [3.8, 4) is 11.1 Å². The van der Waals surface area contributed by atoms with E-state index in [2.05, 4.69) is 23.5 Å². The fourth-order valence-electron chi connectivity index (χ4n) is 2.06. The molecule has 20 heavy (non-hydrogen) atoms. The molecule has 2 aromatic carbocycles. The van der Waals surface area contributed by atoms with Crippen LogP contribution in [0.2, 0.25) is 0 Å². The van der Waals surface area contributed by atoms with E-state index in [0.717, 1.165) is 16.8 Å². The Bertz CT molecular complexity index is 651. The van der Waals surface area contributed by atoms with Gasteiger partial charge in [0.2, 0.25) is 0 Å². The molecule has 0 heterocycles. The van der Waals surface area contributed by atoms with E-state index in [4.69, 9.17) is 0 Å². The van der Waals surface area contributed by atoms with Crippen LogP contribution in [-0.4, -0.2) is 27.0 Å². The lowest BCUT2D eigenvalue weighted by molar-refractivity contribution is 0.600. The first-order valence-corrected chi connectivity index (χ1v) is 8.68. The van der Waals surface area contributed by atoms with Crippen LogP contribution in [0.1, 0.15) is 6.42 Å². The van der Waals surface area contributed by atoms with E-state index >= 15 is 0 Å². The van der Waals surface area contributed by atoms with Gasteiger partial charge in [0.05, 0.1) is 5.75 Å². The SMILES string of the molecule is CS(=O)(=O)CCCNc1ccccc1-c1ccccc1. The highest BCUT2D eigenvalue weighted by Gasteiger charge is 2.05. The van der Waals surface area contributed by atoms with Crippen molar-refractivity contribution in [2.75, 3.05) is 23.9 Å². The number of para-hydroxylation sites is 1. The van der Waals surface area contributed by atoms with Gasteiger partial charge in [-0.05, 0) is 18.1 Å². The summed E-state index contributed by atoms with van der Waals surface area (Å²) in [7, 11) is -2.88. The second-order valence-corrected chi connectivity index (χ2v) is 7.08. The summed E-state index contributed by atoms with van der Waals surface area (Å²) in [5, 5.41) is 3.32. The van der Waals surface area contributed by atoms with Crippen molar-refractivity contribution in [3.05, 3.63) is 54.6 Å². The molecular formula is C16H19NO2S. The van der Waals surface area contributed by atoms with E-state index in [1.54, 1.807) is 0 Å². The van der Waals surface area contributed by atoms with Crippen molar-refractivity contribution in [2.45, 2.75) is 6.42 Å². The summed E-state index contributed by atoms with van der Waals surface area (Å²) >= 11 is 0. The molecular weight excluding hydrogens is 270 g/mol. The van der Waals surface area contributed by atoms with E-state index < -0.39 is 9.84 Å². The van der Waals surface area contributed by atoms with Gasteiger partial charge in [0.15, 0.2) is 0 Å². The zero-order valence-corrected chi connectivity index (χ0v) is 12.4. The second kappa shape index (κ2) is 6.57. The number of sulfone groups is 1. The standard InChI is InChI=1S/C16H19NO2S/c1-20(18,19)13-7-12-17-16-11-6-5-10-15(16)14-8-3-2-4-9-14/h2-6,8-11,17H,7,12-13H2,1H3. The fourth-order valence-corrected chi connectivity index (χ4v) is 2.73. The summed E-state index contributed by atoms with van der Waals surface area (Å²) in [5.41, 5.74) is 3.32. The average molecular weight is 289 g/mol. The van der Waals surface area contributed by atoms with Gasteiger partial charge >= 0.3 is 0 Å². The normalized spacial score (nSPS) is 11.2. The van der Waals surface area contributed by atoms with E-state index in [9.17, 15) is 8.42 Å². The van der Waals surface area contributed by atoms with E-state index in [1.165, 1.54) is 6.26 Å². The Labute approximate surface area is 120 Å². The molecule has 2 aromatic rings. The predicted octanol–water partition coefficient (Wildman–Crippen LogP) is 3.20. The molecule has 0 aromatic heterocycles. The zero-order valence-electron chi connectivity index (χ0n) is 11.5. The topological polar surface area (TPSA) is 46.2 Å². The summed E-state index contributed by atoms with van der Waals surface area (Å²) in [4.78, 5) is 0. The van der Waals surface area contributed by atoms with Gasteiger partial charge in [-0.2, -0.15) is 0 Å². The number of rotatable bonds is 6. The summed E-state index contributed by atoms with van der Waals surface area (Å²) in [6.45, 7) is 0.650. The molecule has 0 radical (unpaired) electrons. The van der Waals surface area contributed by atoms with Crippen LogP contribution < -0.4 is 5.32 Å². The fraction of sp³-hybridized carbons (Fsp3) is 0.250. The summed E-state index contributed by atoms with van der Waals surface area (Å²) in [6, 6.07) is 18.2. The molecule has 0 atom stereocenters. The van der Waals surface area contributed by atoms with Gasteiger partial charge in [-0.1, -0.05) is 48.5 Å². The van der Waals surface area contributed by atoms with Crippen LogP contribution in [0.15, 0.2) is 54.6 Å². The second-order valence-electron chi connectivity index (χ2n) is 4.82. The van der Waals surface area contributed by atoms with Crippen LogP contribution in [0, 0.1) is 0 Å². The van der Waals surface area contributed by atoms with Crippen LogP contribution in [0.25, 0.3) is 11.1 Å². The Kier molecular flexibility index (Phi) is 4.79. The lowest BCUT2D eigenvalue weighted by atomic mass is 10.0. The summed E-state index contributed by atoms with van der Waals surface area (Å²) in [5.74, 6) is 0.216. The number of anilines is 1. The third-order valence-electron chi connectivity index (χ3n) is 3.02. The predicted molar refractivity (Wildman–Crippen MR) is 84.7 cm³/mol. The molecule has 0 fully saturated rings. The molecule has 4 heteroatoms. The molecule has 1 N–H and O–H groups in total. The first kappa shape index (κ1) is 14.6. The molecule has 0 spiro atoms. The summed E-state index contributed by atoms with van der Waals surface area (Å²) in [6.07, 6.45) is 1.88. The number of benzene rings is 2. The lowest BCUT2D eigenvalue weighted by Gasteiger charge is -2.12. The van der Waals surface area contributed by atoms with Gasteiger partial charge in [0.1, 0.15) is 9.84 Å². The van der Waals surface area contributed by atoms with Gasteiger partial charge in [-0.3, -0.25) is 0 Å². The van der Waals surface area contributed by atoms with Crippen LogP contribution in [0.5, 0.6) is 0 Å². The Morgan fingerprint density at radius 3 is 2.30 bits per heavy atom. The molecule has 0 bridgehead atoms. The minimum Gasteiger partial charge on any atom is -0.385 e. The highest BCUT2D eigenvalue weighted by molar-refractivity contribution is 7.90. The number of nitrogens with one attached hydrogen (secondary N) is 1. The Hall–Kier alpha value is -1.81. The first-order valence-electron chi connectivity index (χ1n) is 6.62. The van der Waals surface area contributed by atoms with Crippen LogP contribution in [0.3, 0.4) is 0 Å². The molecule has 106 valence electrons. The Balaban J connectivity index is 2.06. The van der Waals surface area contributed by atoms with Gasteiger partial charge in [0.25, 0.3) is 0 Å². The number of hydrogen-bond donors (Lipinski definition) is 1. The molecule has 2 rings (SSSR count). The molecule has 3 nitrogen and oxygen atoms in total. The van der Waals surface area contributed by atoms with Gasteiger partial charge in [-0.25, -0.2) is 8.42 Å². The van der Waals surface area contributed by atoms with Crippen molar-refractivity contribution in [3.63, 3.8) is 0 Å². The molecule has 0 amide bonds. The van der Waals surface area contributed by atoms with Crippen molar-refractivity contribution < 1.29 is 8.42 Å². The maximum absolute atomic E-state index is 11.1. The monoisotopic (exact) mass is 289 g/mol. The molecule has 0 aliphatic carbocycles. The molecule has 0 aliphatic heterocycles. The number of hydrogen-bond acceptors (Lipinski definition) is 3. The minimum absolute atomic E-state index is 0.216. The maximum Gasteiger partial charge on any atom is 0.147 e. The molecule has 0 saturated heterocycles. The highest BCUT2D eigenvalue weighted by atomic mass is 32.2. The van der Waals surface area contributed by atoms with Crippen LogP contribution in [-0.2, 0) is 9.84 Å². The molecule has 0 saturated carbocycles.